The number of hydrogen-bond acceptors (Lipinski definition) is 7. The van der Waals surface area contributed by atoms with Gasteiger partial charge in [0.1, 0.15) is 5.69 Å². The van der Waals surface area contributed by atoms with Crippen LogP contribution in [-0.2, 0) is 0 Å². The molecule has 0 amide bonds. The second-order valence-electron chi connectivity index (χ2n) is 4.61. The molecule has 1 saturated heterocycles. The number of nitrogens with two attached hydrogens (primary N) is 1. The summed E-state index contributed by atoms with van der Waals surface area (Å²) >= 11 is 0. The minimum Gasteiger partial charge on any atom is -0.351 e. The Bertz CT molecular complexity index is 470. The monoisotopic (exact) mass is 266 g/mol. The van der Waals surface area contributed by atoms with Gasteiger partial charge in [0.2, 0.25) is 11.8 Å². The van der Waals surface area contributed by atoms with Crippen LogP contribution in [-0.4, -0.2) is 28.0 Å². The Morgan fingerprint density at radius 1 is 1.26 bits per heavy atom. The minimum absolute atomic E-state index is 0.0269. The largest absolute Gasteiger partial charge is 0.351 e. The summed E-state index contributed by atoms with van der Waals surface area (Å²) in [6.07, 6.45) is 4.34. The van der Waals surface area contributed by atoms with E-state index in [0.29, 0.717) is 11.5 Å². The van der Waals surface area contributed by atoms with E-state index in [2.05, 4.69) is 15.4 Å². The van der Waals surface area contributed by atoms with E-state index in [9.17, 15) is 10.1 Å². The van der Waals surface area contributed by atoms with Gasteiger partial charge in [-0.2, -0.15) is 4.98 Å². The van der Waals surface area contributed by atoms with E-state index < -0.39 is 4.92 Å². The molecule has 19 heavy (non-hydrogen) atoms. The van der Waals surface area contributed by atoms with E-state index in [0.717, 1.165) is 38.8 Å². The van der Waals surface area contributed by atoms with Gasteiger partial charge in [-0.1, -0.05) is 12.8 Å². The lowest BCUT2D eigenvalue weighted by atomic mass is 10.2. The molecule has 8 heteroatoms. The van der Waals surface area contributed by atoms with Crippen molar-refractivity contribution < 1.29 is 4.92 Å². The highest BCUT2D eigenvalue weighted by Gasteiger charge is 2.26. The Hall–Kier alpha value is -1.96. The standard InChI is InChI=1S/C11H18N6O2/c1-8-9(17(18)19)10(14-11(13-8)15-12)16-6-4-2-3-5-7-16/h2-7,12H2,1H3,(H,13,14,15). The van der Waals surface area contributed by atoms with E-state index in [-0.39, 0.29) is 11.6 Å². The quantitative estimate of drug-likeness (QED) is 0.482. The molecule has 104 valence electrons. The zero-order chi connectivity index (χ0) is 13.8. The number of nitrogens with zero attached hydrogens (tertiary/aromatic N) is 4. The molecule has 0 unspecified atom stereocenters. The van der Waals surface area contributed by atoms with Crippen LogP contribution >= 0.6 is 0 Å². The smallest absolute Gasteiger partial charge is 0.332 e. The van der Waals surface area contributed by atoms with Crippen molar-refractivity contribution >= 4 is 17.5 Å². The Balaban J connectivity index is 2.45. The molecule has 1 aromatic rings. The van der Waals surface area contributed by atoms with Crippen LogP contribution in [0.2, 0.25) is 0 Å². The number of hydrazine groups is 1. The van der Waals surface area contributed by atoms with Gasteiger partial charge in [0, 0.05) is 13.1 Å². The summed E-state index contributed by atoms with van der Waals surface area (Å²) < 4.78 is 0. The number of anilines is 2. The van der Waals surface area contributed by atoms with E-state index in [1.807, 2.05) is 4.90 Å². The van der Waals surface area contributed by atoms with Crippen LogP contribution in [0.5, 0.6) is 0 Å². The number of nitro groups is 1. The van der Waals surface area contributed by atoms with Gasteiger partial charge in [-0.15, -0.1) is 0 Å². The molecule has 2 heterocycles. The van der Waals surface area contributed by atoms with Crippen molar-refractivity contribution in [2.24, 2.45) is 5.84 Å². The maximum absolute atomic E-state index is 11.2. The molecule has 0 radical (unpaired) electrons. The molecule has 0 atom stereocenters. The molecular formula is C11H18N6O2. The first-order valence-corrected chi connectivity index (χ1v) is 6.38. The van der Waals surface area contributed by atoms with Crippen LogP contribution in [0.15, 0.2) is 0 Å². The first-order valence-electron chi connectivity index (χ1n) is 6.38. The van der Waals surface area contributed by atoms with E-state index in [1.54, 1.807) is 6.92 Å². The molecule has 0 aliphatic carbocycles. The van der Waals surface area contributed by atoms with Gasteiger partial charge in [-0.3, -0.25) is 15.5 Å². The summed E-state index contributed by atoms with van der Waals surface area (Å²) in [5.41, 5.74) is 2.66. The molecule has 1 aliphatic rings. The van der Waals surface area contributed by atoms with Gasteiger partial charge in [-0.25, -0.2) is 10.8 Å². The van der Waals surface area contributed by atoms with Crippen LogP contribution in [0.4, 0.5) is 17.5 Å². The molecule has 2 rings (SSSR count). The maximum Gasteiger partial charge on any atom is 0.332 e. The molecule has 3 N–H and O–H groups in total. The second-order valence-corrected chi connectivity index (χ2v) is 4.61. The third kappa shape index (κ3) is 2.90. The number of nitrogen functional groups attached to an aromatic ring is 1. The molecule has 0 bridgehead atoms. The summed E-state index contributed by atoms with van der Waals surface area (Å²) in [5.74, 6) is 5.89. The molecule has 1 fully saturated rings. The number of nitrogens with one attached hydrogen (secondary N) is 1. The van der Waals surface area contributed by atoms with Gasteiger partial charge >= 0.3 is 5.69 Å². The van der Waals surface area contributed by atoms with Crippen LogP contribution in [0.25, 0.3) is 0 Å². The highest BCUT2D eigenvalue weighted by atomic mass is 16.6. The Kier molecular flexibility index (Phi) is 4.10. The first-order chi connectivity index (χ1) is 9.13. The Morgan fingerprint density at radius 3 is 2.42 bits per heavy atom. The predicted octanol–water partition coefficient (Wildman–Crippen LogP) is 1.36. The third-order valence-corrected chi connectivity index (χ3v) is 3.26. The molecule has 1 aromatic heterocycles. The summed E-state index contributed by atoms with van der Waals surface area (Å²) in [6, 6.07) is 0. The molecule has 0 aromatic carbocycles. The Labute approximate surface area is 111 Å². The SMILES string of the molecule is Cc1nc(NN)nc(N2CCCCCC2)c1[N+](=O)[O-]. The van der Waals surface area contributed by atoms with Gasteiger partial charge in [0.15, 0.2) is 0 Å². The molecule has 0 spiro atoms. The summed E-state index contributed by atoms with van der Waals surface area (Å²) in [6.45, 7) is 3.16. The van der Waals surface area contributed by atoms with E-state index in [4.69, 9.17) is 5.84 Å². The number of rotatable bonds is 3. The van der Waals surface area contributed by atoms with Gasteiger partial charge in [-0.05, 0) is 19.8 Å². The fourth-order valence-electron chi connectivity index (χ4n) is 2.33. The van der Waals surface area contributed by atoms with E-state index >= 15 is 0 Å². The summed E-state index contributed by atoms with van der Waals surface area (Å²) in [7, 11) is 0. The highest BCUT2D eigenvalue weighted by Crippen LogP contribution is 2.31. The lowest BCUT2D eigenvalue weighted by Gasteiger charge is -2.21. The lowest BCUT2D eigenvalue weighted by Crippen LogP contribution is -2.27. The molecule has 0 saturated carbocycles. The fourth-order valence-corrected chi connectivity index (χ4v) is 2.33. The zero-order valence-electron chi connectivity index (χ0n) is 10.9. The number of hydrogen-bond donors (Lipinski definition) is 2. The number of aromatic nitrogens is 2. The zero-order valence-corrected chi connectivity index (χ0v) is 10.9. The van der Waals surface area contributed by atoms with E-state index in [1.165, 1.54) is 0 Å². The van der Waals surface area contributed by atoms with Crippen LogP contribution in [0.1, 0.15) is 31.4 Å². The van der Waals surface area contributed by atoms with Crippen molar-refractivity contribution in [3.63, 3.8) is 0 Å². The molecule has 1 aliphatic heterocycles. The van der Waals surface area contributed by atoms with Crippen LogP contribution in [0, 0.1) is 17.0 Å². The van der Waals surface area contributed by atoms with Crippen LogP contribution in [0.3, 0.4) is 0 Å². The van der Waals surface area contributed by atoms with Crippen molar-refractivity contribution in [1.82, 2.24) is 9.97 Å². The molecule has 8 nitrogen and oxygen atoms in total. The average molecular weight is 266 g/mol. The fraction of sp³-hybridized carbons (Fsp3) is 0.636. The minimum atomic E-state index is -0.421. The van der Waals surface area contributed by atoms with Gasteiger partial charge in [0.05, 0.1) is 4.92 Å². The normalized spacial score (nSPS) is 16.0. The second kappa shape index (κ2) is 5.79. The van der Waals surface area contributed by atoms with Crippen molar-refractivity contribution in [1.29, 1.82) is 0 Å². The average Bonchev–Trinajstić information content (AvgIpc) is 2.65. The maximum atomic E-state index is 11.2. The van der Waals surface area contributed by atoms with Gasteiger partial charge in [0.25, 0.3) is 0 Å². The summed E-state index contributed by atoms with van der Waals surface area (Å²) in [4.78, 5) is 20.9. The van der Waals surface area contributed by atoms with Crippen molar-refractivity contribution in [2.75, 3.05) is 23.4 Å². The topological polar surface area (TPSA) is 110 Å². The first kappa shape index (κ1) is 13.5. The highest BCUT2D eigenvalue weighted by molar-refractivity contribution is 5.62. The number of aryl methyl sites for hydroxylation is 1. The van der Waals surface area contributed by atoms with Crippen molar-refractivity contribution in [2.45, 2.75) is 32.6 Å². The summed E-state index contributed by atoms with van der Waals surface area (Å²) in [5, 5.41) is 11.2. The third-order valence-electron chi connectivity index (χ3n) is 3.26. The van der Waals surface area contributed by atoms with Crippen LogP contribution < -0.4 is 16.2 Å². The van der Waals surface area contributed by atoms with Gasteiger partial charge < -0.3 is 4.90 Å². The Morgan fingerprint density at radius 2 is 1.89 bits per heavy atom. The lowest BCUT2D eigenvalue weighted by molar-refractivity contribution is -0.385. The van der Waals surface area contributed by atoms with Crippen molar-refractivity contribution in [3.05, 3.63) is 15.8 Å². The molecular weight excluding hydrogens is 248 g/mol. The van der Waals surface area contributed by atoms with Crippen molar-refractivity contribution in [3.8, 4) is 0 Å². The predicted molar refractivity (Wildman–Crippen MR) is 71.9 cm³/mol.